The summed E-state index contributed by atoms with van der Waals surface area (Å²) in [6.07, 6.45) is 5.12. The molecule has 0 spiro atoms. The topological polar surface area (TPSA) is 74.5 Å². The van der Waals surface area contributed by atoms with Gasteiger partial charge in [0.25, 0.3) is 0 Å². The number of nitriles is 1. The van der Waals surface area contributed by atoms with Crippen LogP contribution in [0.1, 0.15) is 31.4 Å². The second-order valence-corrected chi connectivity index (χ2v) is 7.24. The molecule has 4 atom stereocenters. The Labute approximate surface area is 141 Å². The molecule has 0 aromatic carbocycles. The van der Waals surface area contributed by atoms with Crippen LogP contribution in [0.4, 0.5) is 11.5 Å². The minimum absolute atomic E-state index is 0.309. The number of anilines is 2. The fraction of sp³-hybridized carbons (Fsp3) is 0.706. The summed E-state index contributed by atoms with van der Waals surface area (Å²) in [4.78, 5) is 4.63. The van der Waals surface area contributed by atoms with Crippen molar-refractivity contribution in [2.45, 2.75) is 50.0 Å². The number of fused-ring (bicyclic) bond motifs is 4. The van der Waals surface area contributed by atoms with E-state index in [1.165, 1.54) is 0 Å². The summed E-state index contributed by atoms with van der Waals surface area (Å²) in [5, 5.41) is 18.1. The van der Waals surface area contributed by atoms with Gasteiger partial charge < -0.3 is 19.3 Å². The van der Waals surface area contributed by atoms with Gasteiger partial charge in [-0.05, 0) is 25.7 Å². The smallest absolute Gasteiger partial charge is 0.186 e. The molecule has 7 nitrogen and oxygen atoms in total. The molecule has 126 valence electrons. The molecule has 4 unspecified atom stereocenters. The van der Waals surface area contributed by atoms with Gasteiger partial charge in [0.05, 0.1) is 43.2 Å². The van der Waals surface area contributed by atoms with Gasteiger partial charge in [-0.1, -0.05) is 0 Å². The normalized spacial score (nSPS) is 34.5. The molecule has 0 amide bonds. The minimum Gasteiger partial charge on any atom is -0.377 e. The first-order valence-corrected chi connectivity index (χ1v) is 8.86. The number of rotatable bonds is 2. The second kappa shape index (κ2) is 5.57. The standard InChI is InChI=1S/C17H21N5O2/c18-6-15-16(22-11-1-2-12(22)10-23-9-11)5-17(20-19-15)21-7-13-3-4-14(8-21)24-13/h5,11-14H,1-4,7-10H2. The Kier molecular flexibility index (Phi) is 3.35. The largest absolute Gasteiger partial charge is 0.377 e. The molecule has 0 N–H and O–H groups in total. The fourth-order valence-electron chi connectivity index (χ4n) is 4.63. The van der Waals surface area contributed by atoms with Gasteiger partial charge in [0.2, 0.25) is 0 Å². The summed E-state index contributed by atoms with van der Waals surface area (Å²) in [5.41, 5.74) is 1.35. The van der Waals surface area contributed by atoms with Gasteiger partial charge in [-0.3, -0.25) is 0 Å². The van der Waals surface area contributed by atoms with E-state index in [2.05, 4.69) is 32.1 Å². The maximum absolute atomic E-state index is 9.49. The molecule has 0 aliphatic carbocycles. The van der Waals surface area contributed by atoms with Gasteiger partial charge in [0.15, 0.2) is 11.5 Å². The van der Waals surface area contributed by atoms with E-state index in [1.807, 2.05) is 0 Å². The van der Waals surface area contributed by atoms with Gasteiger partial charge in [0, 0.05) is 19.2 Å². The number of morpholine rings is 2. The first-order valence-electron chi connectivity index (χ1n) is 8.86. The lowest BCUT2D eigenvalue weighted by Gasteiger charge is -2.37. The van der Waals surface area contributed by atoms with Gasteiger partial charge in [0.1, 0.15) is 6.07 Å². The highest BCUT2D eigenvalue weighted by molar-refractivity contribution is 5.63. The zero-order valence-electron chi connectivity index (χ0n) is 13.6. The summed E-state index contributed by atoms with van der Waals surface area (Å²) in [5.74, 6) is 0.870. The average Bonchev–Trinajstić information content (AvgIpc) is 3.08. The Morgan fingerprint density at radius 2 is 1.75 bits per heavy atom. The highest BCUT2D eigenvalue weighted by Gasteiger charge is 2.40. The molecule has 1 aromatic rings. The lowest BCUT2D eigenvalue weighted by atomic mass is 10.2. The predicted octanol–water partition coefficient (Wildman–Crippen LogP) is 1.08. The first-order chi connectivity index (χ1) is 11.8. The monoisotopic (exact) mass is 327 g/mol. The van der Waals surface area contributed by atoms with E-state index in [0.29, 0.717) is 30.0 Å². The highest BCUT2D eigenvalue weighted by Crippen LogP contribution is 2.37. The van der Waals surface area contributed by atoms with Crippen LogP contribution in [0.3, 0.4) is 0 Å². The molecule has 4 aliphatic rings. The van der Waals surface area contributed by atoms with Gasteiger partial charge >= 0.3 is 0 Å². The number of ether oxygens (including phenoxy) is 2. The van der Waals surface area contributed by atoms with Crippen molar-refractivity contribution in [1.29, 1.82) is 5.26 Å². The minimum atomic E-state index is 0.309. The van der Waals surface area contributed by atoms with Crippen LogP contribution in [-0.4, -0.2) is 60.8 Å². The van der Waals surface area contributed by atoms with E-state index in [0.717, 1.165) is 63.5 Å². The fourth-order valence-corrected chi connectivity index (χ4v) is 4.63. The molecular weight excluding hydrogens is 306 g/mol. The third-order valence-corrected chi connectivity index (χ3v) is 5.75. The number of hydrogen-bond acceptors (Lipinski definition) is 7. The third-order valence-electron chi connectivity index (χ3n) is 5.75. The summed E-state index contributed by atoms with van der Waals surface area (Å²) in [6, 6.07) is 5.00. The molecule has 0 saturated carbocycles. The van der Waals surface area contributed by atoms with Gasteiger partial charge in [-0.2, -0.15) is 5.26 Å². The third kappa shape index (κ3) is 2.25. The molecule has 5 rings (SSSR count). The molecule has 4 aliphatic heterocycles. The van der Waals surface area contributed by atoms with Crippen molar-refractivity contribution in [3.05, 3.63) is 11.8 Å². The Balaban J connectivity index is 1.49. The molecule has 1 aromatic heterocycles. The van der Waals surface area contributed by atoms with Crippen molar-refractivity contribution in [2.75, 3.05) is 36.1 Å². The number of nitrogens with zero attached hydrogens (tertiary/aromatic N) is 5. The van der Waals surface area contributed by atoms with Crippen LogP contribution in [0.15, 0.2) is 6.07 Å². The zero-order valence-corrected chi connectivity index (χ0v) is 13.6. The van der Waals surface area contributed by atoms with Crippen molar-refractivity contribution < 1.29 is 9.47 Å². The van der Waals surface area contributed by atoms with Crippen molar-refractivity contribution in [2.24, 2.45) is 0 Å². The van der Waals surface area contributed by atoms with Crippen molar-refractivity contribution >= 4 is 11.5 Å². The van der Waals surface area contributed by atoms with Crippen LogP contribution in [0, 0.1) is 11.3 Å². The molecule has 7 heteroatoms. The van der Waals surface area contributed by atoms with E-state index >= 15 is 0 Å². The molecule has 4 saturated heterocycles. The van der Waals surface area contributed by atoms with Crippen LogP contribution in [0.25, 0.3) is 0 Å². The van der Waals surface area contributed by atoms with E-state index in [1.54, 1.807) is 0 Å². The summed E-state index contributed by atoms with van der Waals surface area (Å²) in [7, 11) is 0. The SMILES string of the molecule is N#Cc1nnc(N2CC3CCC(C2)O3)cc1N1C2CCC1COC2. The summed E-state index contributed by atoms with van der Waals surface area (Å²) < 4.78 is 11.6. The van der Waals surface area contributed by atoms with Crippen LogP contribution in [0.2, 0.25) is 0 Å². The maximum atomic E-state index is 9.49. The summed E-state index contributed by atoms with van der Waals surface area (Å²) in [6.45, 7) is 3.21. The lowest BCUT2D eigenvalue weighted by Crippen LogP contribution is -2.47. The maximum Gasteiger partial charge on any atom is 0.186 e. The molecular formula is C17H21N5O2. The van der Waals surface area contributed by atoms with Crippen molar-refractivity contribution in [3.63, 3.8) is 0 Å². The van der Waals surface area contributed by atoms with Crippen molar-refractivity contribution in [1.82, 2.24) is 10.2 Å². The average molecular weight is 327 g/mol. The first kappa shape index (κ1) is 14.4. The molecule has 4 bridgehead atoms. The van der Waals surface area contributed by atoms with E-state index in [9.17, 15) is 5.26 Å². The Morgan fingerprint density at radius 3 is 2.42 bits per heavy atom. The molecule has 4 fully saturated rings. The Bertz CT molecular complexity index is 662. The van der Waals surface area contributed by atoms with E-state index < -0.39 is 0 Å². The predicted molar refractivity (Wildman–Crippen MR) is 87.0 cm³/mol. The number of hydrogen-bond donors (Lipinski definition) is 0. The van der Waals surface area contributed by atoms with Crippen molar-refractivity contribution in [3.8, 4) is 6.07 Å². The quantitative estimate of drug-likeness (QED) is 0.804. The van der Waals surface area contributed by atoms with Gasteiger partial charge in [-0.15, -0.1) is 10.2 Å². The second-order valence-electron chi connectivity index (χ2n) is 7.24. The van der Waals surface area contributed by atoms with Crippen LogP contribution in [0.5, 0.6) is 0 Å². The Hall–Kier alpha value is -1.91. The van der Waals surface area contributed by atoms with Crippen LogP contribution >= 0.6 is 0 Å². The van der Waals surface area contributed by atoms with E-state index in [4.69, 9.17) is 9.47 Å². The van der Waals surface area contributed by atoms with Gasteiger partial charge in [-0.25, -0.2) is 0 Å². The van der Waals surface area contributed by atoms with Crippen LogP contribution < -0.4 is 9.80 Å². The van der Waals surface area contributed by atoms with E-state index in [-0.39, 0.29) is 0 Å². The van der Waals surface area contributed by atoms with Crippen LogP contribution in [-0.2, 0) is 9.47 Å². The number of aromatic nitrogens is 2. The summed E-state index contributed by atoms with van der Waals surface area (Å²) >= 11 is 0. The highest BCUT2D eigenvalue weighted by atomic mass is 16.5. The lowest BCUT2D eigenvalue weighted by molar-refractivity contribution is 0.0301. The molecule has 24 heavy (non-hydrogen) atoms. The Morgan fingerprint density at radius 1 is 1.04 bits per heavy atom. The zero-order chi connectivity index (χ0) is 16.1. The molecule has 0 radical (unpaired) electrons. The molecule has 5 heterocycles.